The number of carbonyl (C=O) groups is 1. The quantitative estimate of drug-likeness (QED) is 0.530. The van der Waals surface area contributed by atoms with Crippen molar-refractivity contribution in [3.63, 3.8) is 0 Å². The second-order valence-electron chi connectivity index (χ2n) is 4.21. The van der Waals surface area contributed by atoms with Gasteiger partial charge in [-0.05, 0) is 19.9 Å². The van der Waals surface area contributed by atoms with Gasteiger partial charge in [-0.2, -0.15) is 4.84 Å². The van der Waals surface area contributed by atoms with E-state index in [9.17, 15) is 4.79 Å². The number of pyridine rings is 1. The minimum Gasteiger partial charge on any atom is -1.00 e. The Morgan fingerprint density at radius 2 is 1.83 bits per heavy atom. The number of aryl methyl sites for hydroxylation is 2. The first-order chi connectivity index (χ1) is 8.15. The summed E-state index contributed by atoms with van der Waals surface area (Å²) in [5, 5.41) is 0. The lowest BCUT2D eigenvalue weighted by atomic mass is 10.2. The highest BCUT2D eigenvalue weighted by Crippen LogP contribution is 1.99. The van der Waals surface area contributed by atoms with Gasteiger partial charge in [0, 0.05) is 28.9 Å². The summed E-state index contributed by atoms with van der Waals surface area (Å²) >= 11 is 0. The van der Waals surface area contributed by atoms with E-state index < -0.39 is 0 Å². The molecule has 0 unspecified atom stereocenters. The van der Waals surface area contributed by atoms with E-state index in [-0.39, 0.29) is 18.5 Å². The molecule has 0 aliphatic carbocycles. The number of hydrogen-bond donors (Lipinski definition) is 0. The molecule has 18 heavy (non-hydrogen) atoms. The van der Waals surface area contributed by atoms with Crippen LogP contribution in [0.1, 0.15) is 11.1 Å². The highest BCUT2D eigenvalue weighted by molar-refractivity contribution is 5.67. The van der Waals surface area contributed by atoms with Crippen LogP contribution >= 0.6 is 0 Å². The fraction of sp³-hybridized carbons (Fsp3) is 0.500. The lowest BCUT2D eigenvalue weighted by molar-refractivity contribution is -0.869. The molecule has 1 aliphatic rings. The van der Waals surface area contributed by atoms with E-state index in [4.69, 9.17) is 9.57 Å². The Morgan fingerprint density at radius 3 is 2.39 bits per heavy atom. The molecule has 0 N–H and O–H groups in total. The maximum absolute atomic E-state index is 11.8. The van der Waals surface area contributed by atoms with Crippen molar-refractivity contribution in [2.24, 2.45) is 0 Å². The van der Waals surface area contributed by atoms with Crippen LogP contribution in [-0.4, -0.2) is 37.3 Å². The third-order valence-corrected chi connectivity index (χ3v) is 2.57. The Kier molecular flexibility index (Phi) is 5.37. The van der Waals surface area contributed by atoms with Gasteiger partial charge in [0.25, 0.3) is 0 Å². The van der Waals surface area contributed by atoms with Gasteiger partial charge in [-0.1, -0.05) is 0 Å². The molecule has 1 fully saturated rings. The second kappa shape index (κ2) is 6.56. The third-order valence-electron chi connectivity index (χ3n) is 2.57. The number of hydrogen-bond acceptors (Lipinski definition) is 3. The van der Waals surface area contributed by atoms with Gasteiger partial charge in [0.2, 0.25) is 12.4 Å². The maximum atomic E-state index is 11.8. The first-order valence-corrected chi connectivity index (χ1v) is 5.70. The predicted molar refractivity (Wildman–Crippen MR) is 60.5 cm³/mol. The first-order valence-electron chi connectivity index (χ1n) is 5.70. The van der Waals surface area contributed by atoms with E-state index in [1.807, 2.05) is 19.9 Å². The van der Waals surface area contributed by atoms with Crippen LogP contribution < -0.4 is 22.0 Å². The van der Waals surface area contributed by atoms with E-state index in [2.05, 4.69) is 0 Å². The van der Waals surface area contributed by atoms with Crippen LogP contribution in [0.3, 0.4) is 0 Å². The second-order valence-corrected chi connectivity index (χ2v) is 4.21. The molecule has 1 aromatic rings. The molecule has 0 bridgehead atoms. The first kappa shape index (κ1) is 14.7. The fourth-order valence-corrected chi connectivity index (χ4v) is 1.82. The Hall–Kier alpha value is -1.33. The molecule has 6 heteroatoms. The van der Waals surface area contributed by atoms with Crippen LogP contribution in [0.5, 0.6) is 0 Å². The molecule has 2 heterocycles. The van der Waals surface area contributed by atoms with Crippen LogP contribution in [0.25, 0.3) is 0 Å². The summed E-state index contributed by atoms with van der Waals surface area (Å²) in [5.41, 5.74) is 2.11. The fourth-order valence-electron chi connectivity index (χ4n) is 1.82. The van der Waals surface area contributed by atoms with E-state index in [0.717, 1.165) is 11.1 Å². The smallest absolute Gasteiger partial charge is 0.478 e. The molecule has 1 aromatic heterocycles. The van der Waals surface area contributed by atoms with Crippen LogP contribution in [0, 0.1) is 13.8 Å². The van der Waals surface area contributed by atoms with Crippen molar-refractivity contribution in [3.8, 4) is 0 Å². The van der Waals surface area contributed by atoms with E-state index >= 15 is 0 Å². The SMILES string of the molecule is Cc1cc(C)c[n+](OC(=O)N2CCOCC2)c1.[Cl-]. The van der Waals surface area contributed by atoms with Gasteiger partial charge in [0.05, 0.1) is 13.2 Å². The number of ether oxygens (including phenoxy) is 1. The van der Waals surface area contributed by atoms with Crippen LogP contribution in [0.4, 0.5) is 4.79 Å². The Balaban J connectivity index is 0.00000162. The van der Waals surface area contributed by atoms with E-state index in [0.29, 0.717) is 26.3 Å². The number of rotatable bonds is 1. The average molecular weight is 273 g/mol. The molecular formula is C12H17ClN2O3. The molecule has 0 spiro atoms. The highest BCUT2D eigenvalue weighted by atomic mass is 35.5. The van der Waals surface area contributed by atoms with Crippen molar-refractivity contribution in [3.05, 3.63) is 29.6 Å². The Morgan fingerprint density at radius 1 is 1.28 bits per heavy atom. The molecule has 1 aliphatic heterocycles. The number of nitrogens with zero attached hydrogens (tertiary/aromatic N) is 2. The molecule has 0 radical (unpaired) electrons. The summed E-state index contributed by atoms with van der Waals surface area (Å²) in [6.45, 7) is 6.26. The molecule has 2 rings (SSSR count). The van der Waals surface area contributed by atoms with Gasteiger partial charge in [-0.3, -0.25) is 4.90 Å². The predicted octanol–water partition coefficient (Wildman–Crippen LogP) is -2.52. The van der Waals surface area contributed by atoms with Crippen molar-refractivity contribution in [2.45, 2.75) is 13.8 Å². The zero-order valence-electron chi connectivity index (χ0n) is 10.6. The molecule has 0 atom stereocenters. The molecule has 1 amide bonds. The summed E-state index contributed by atoms with van der Waals surface area (Å²) in [7, 11) is 0. The van der Waals surface area contributed by atoms with Crippen molar-refractivity contribution in [2.75, 3.05) is 26.3 Å². The van der Waals surface area contributed by atoms with Gasteiger partial charge in [-0.15, -0.1) is 0 Å². The standard InChI is InChI=1S/C12H17N2O3.ClH/c1-10-7-11(2)9-14(8-10)17-12(15)13-3-5-16-6-4-13;/h7-9H,3-6H2,1-2H3;1H/q+1;/p-1. The third kappa shape index (κ3) is 3.85. The summed E-state index contributed by atoms with van der Waals surface area (Å²) in [6.07, 6.45) is 3.24. The molecule has 1 saturated heterocycles. The lowest BCUT2D eigenvalue weighted by Crippen LogP contribution is -3.00. The minimum absolute atomic E-state index is 0. The number of aromatic nitrogens is 1. The number of morpholine rings is 1. The normalized spacial score (nSPS) is 14.9. The van der Waals surface area contributed by atoms with Gasteiger partial charge in [0.1, 0.15) is 0 Å². The highest BCUT2D eigenvalue weighted by Gasteiger charge is 2.22. The van der Waals surface area contributed by atoms with Gasteiger partial charge >= 0.3 is 6.09 Å². The van der Waals surface area contributed by atoms with Crippen molar-refractivity contribution < 1.29 is 31.5 Å². The summed E-state index contributed by atoms with van der Waals surface area (Å²) in [5.74, 6) is 0. The van der Waals surface area contributed by atoms with Gasteiger partial charge < -0.3 is 17.1 Å². The topological polar surface area (TPSA) is 42.7 Å². The summed E-state index contributed by atoms with van der Waals surface area (Å²) in [4.78, 5) is 18.7. The molecule has 0 aromatic carbocycles. The number of halogens is 1. The number of carbonyl (C=O) groups excluding carboxylic acids is 1. The van der Waals surface area contributed by atoms with Crippen LogP contribution in [-0.2, 0) is 4.74 Å². The average Bonchev–Trinajstić information content (AvgIpc) is 2.28. The van der Waals surface area contributed by atoms with Crippen molar-refractivity contribution in [1.82, 2.24) is 4.90 Å². The molecular weight excluding hydrogens is 256 g/mol. The minimum atomic E-state index is -0.330. The zero-order valence-corrected chi connectivity index (χ0v) is 11.3. The lowest BCUT2D eigenvalue weighted by Gasteiger charge is -2.23. The number of amides is 1. The maximum Gasteiger partial charge on any atom is 0.478 e. The Labute approximate surface area is 113 Å². The van der Waals surface area contributed by atoms with Crippen molar-refractivity contribution >= 4 is 6.09 Å². The summed E-state index contributed by atoms with van der Waals surface area (Å²) in [6, 6.07) is 2.03. The van der Waals surface area contributed by atoms with Gasteiger partial charge in [0.15, 0.2) is 0 Å². The molecule has 5 nitrogen and oxygen atoms in total. The Bertz CT molecular complexity index is 400. The van der Waals surface area contributed by atoms with Crippen LogP contribution in [0.2, 0.25) is 0 Å². The van der Waals surface area contributed by atoms with E-state index in [1.165, 1.54) is 4.73 Å². The van der Waals surface area contributed by atoms with E-state index in [1.54, 1.807) is 17.3 Å². The van der Waals surface area contributed by atoms with Crippen LogP contribution in [0.15, 0.2) is 18.5 Å². The van der Waals surface area contributed by atoms with Gasteiger partial charge in [-0.25, -0.2) is 4.79 Å². The zero-order chi connectivity index (χ0) is 12.3. The summed E-state index contributed by atoms with van der Waals surface area (Å²) < 4.78 is 6.64. The molecule has 0 saturated carbocycles. The monoisotopic (exact) mass is 272 g/mol. The van der Waals surface area contributed by atoms with Crippen molar-refractivity contribution in [1.29, 1.82) is 0 Å². The largest absolute Gasteiger partial charge is 1.00 e. The molecule has 100 valence electrons.